The lowest BCUT2D eigenvalue weighted by molar-refractivity contribution is 0.0981. The molecule has 1 aliphatic carbocycles. The number of nitrogens with zero attached hydrogens (tertiary/aromatic N) is 2. The molecule has 1 saturated carbocycles. The summed E-state index contributed by atoms with van der Waals surface area (Å²) in [5.41, 5.74) is 3.36. The van der Waals surface area contributed by atoms with Gasteiger partial charge in [-0.1, -0.05) is 37.5 Å². The molecule has 0 aliphatic heterocycles. The van der Waals surface area contributed by atoms with Gasteiger partial charge in [0.1, 0.15) is 11.4 Å². The molecular weight excluding hydrogens is 514 g/mol. The third-order valence-corrected chi connectivity index (χ3v) is 8.72. The van der Waals surface area contributed by atoms with Crippen LogP contribution in [-0.4, -0.2) is 23.9 Å². The summed E-state index contributed by atoms with van der Waals surface area (Å²) in [6.07, 6.45) is 6.89. The normalized spacial score (nSPS) is 14.6. The minimum Gasteiger partial charge on any atom is -0.464 e. The molecule has 1 fully saturated rings. The Labute approximate surface area is 225 Å². The quantitative estimate of drug-likeness (QED) is 0.304. The number of nitrogens with one attached hydrogen (secondary N) is 1. The van der Waals surface area contributed by atoms with E-state index in [4.69, 9.17) is 9.40 Å². The third kappa shape index (κ3) is 4.63. The van der Waals surface area contributed by atoms with Gasteiger partial charge in [0.25, 0.3) is 15.9 Å². The molecule has 0 unspecified atom stereocenters. The Balaban J connectivity index is 1.45. The Morgan fingerprint density at radius 1 is 1.00 bits per heavy atom. The third-order valence-electron chi connectivity index (χ3n) is 7.38. The minimum absolute atomic E-state index is 0.0132. The van der Waals surface area contributed by atoms with E-state index in [-0.39, 0.29) is 21.9 Å². The number of sulfonamides is 1. The van der Waals surface area contributed by atoms with Gasteiger partial charge >= 0.3 is 0 Å². The van der Waals surface area contributed by atoms with E-state index in [1.165, 1.54) is 24.8 Å². The first-order valence-corrected chi connectivity index (χ1v) is 14.5. The van der Waals surface area contributed by atoms with Crippen LogP contribution in [0.4, 0.5) is 0 Å². The van der Waals surface area contributed by atoms with Crippen LogP contribution in [0, 0.1) is 6.92 Å². The van der Waals surface area contributed by atoms with Crippen molar-refractivity contribution in [3.63, 3.8) is 0 Å². The van der Waals surface area contributed by atoms with Crippen molar-refractivity contribution >= 4 is 37.9 Å². The van der Waals surface area contributed by atoms with E-state index in [1.54, 1.807) is 43.3 Å². The predicted molar refractivity (Wildman–Crippen MR) is 149 cm³/mol. The number of carbonyl (C=O) groups excluding carboxylic acids is 1. The number of aryl methyl sites for hydroxylation is 1. The van der Waals surface area contributed by atoms with Crippen molar-refractivity contribution in [2.75, 3.05) is 0 Å². The van der Waals surface area contributed by atoms with Crippen LogP contribution < -0.4 is 10.2 Å². The fourth-order valence-corrected chi connectivity index (χ4v) is 6.35. The molecule has 39 heavy (non-hydrogen) atoms. The molecule has 1 N–H and O–H groups in total. The van der Waals surface area contributed by atoms with Gasteiger partial charge < -0.3 is 8.98 Å². The van der Waals surface area contributed by atoms with Crippen molar-refractivity contribution in [1.82, 2.24) is 14.3 Å². The van der Waals surface area contributed by atoms with Gasteiger partial charge in [0.2, 0.25) is 0 Å². The van der Waals surface area contributed by atoms with E-state index in [0.29, 0.717) is 27.9 Å². The van der Waals surface area contributed by atoms with Crippen molar-refractivity contribution < 1.29 is 17.6 Å². The molecule has 0 spiro atoms. The fraction of sp³-hybridized carbons (Fsp3) is 0.233. The summed E-state index contributed by atoms with van der Waals surface area (Å²) < 4.78 is 35.4. The van der Waals surface area contributed by atoms with E-state index in [2.05, 4.69) is 9.29 Å². The van der Waals surface area contributed by atoms with Gasteiger partial charge in [-0.15, -0.1) is 0 Å². The highest BCUT2D eigenvalue weighted by Gasteiger charge is 2.24. The number of amides is 1. The van der Waals surface area contributed by atoms with Crippen LogP contribution in [0.5, 0.6) is 0 Å². The second kappa shape index (κ2) is 9.81. The van der Waals surface area contributed by atoms with Crippen LogP contribution in [0.1, 0.15) is 54.1 Å². The molecule has 0 saturated heterocycles. The maximum Gasteiger partial charge on any atom is 0.265 e. The van der Waals surface area contributed by atoms with Crippen molar-refractivity contribution in [3.05, 3.63) is 94.3 Å². The van der Waals surface area contributed by atoms with Crippen molar-refractivity contribution in [2.24, 2.45) is 0 Å². The van der Waals surface area contributed by atoms with E-state index >= 15 is 0 Å². The van der Waals surface area contributed by atoms with Crippen molar-refractivity contribution in [1.29, 1.82) is 0 Å². The number of benzene rings is 3. The lowest BCUT2D eigenvalue weighted by Crippen LogP contribution is -2.30. The lowest BCUT2D eigenvalue weighted by atomic mass is 9.94. The molecule has 198 valence electrons. The molecule has 8 nitrogen and oxygen atoms in total. The topological polar surface area (TPSA) is 111 Å². The highest BCUT2D eigenvalue weighted by Crippen LogP contribution is 2.36. The number of aromatic nitrogens is 2. The van der Waals surface area contributed by atoms with Gasteiger partial charge in [0.15, 0.2) is 5.43 Å². The molecule has 2 heterocycles. The number of carbonyl (C=O) groups is 1. The number of rotatable bonds is 5. The second-order valence-corrected chi connectivity index (χ2v) is 11.7. The summed E-state index contributed by atoms with van der Waals surface area (Å²) in [6.45, 7) is 1.72. The molecule has 0 atom stereocenters. The summed E-state index contributed by atoms with van der Waals surface area (Å²) in [7, 11) is -4.02. The van der Waals surface area contributed by atoms with Crippen molar-refractivity contribution in [2.45, 2.75) is 50.0 Å². The lowest BCUT2D eigenvalue weighted by Gasteiger charge is -2.25. The average molecular weight is 542 g/mol. The Morgan fingerprint density at radius 2 is 1.77 bits per heavy atom. The van der Waals surface area contributed by atoms with Crippen LogP contribution in [0.15, 0.2) is 87.1 Å². The highest BCUT2D eigenvalue weighted by atomic mass is 32.2. The Morgan fingerprint density at radius 3 is 2.54 bits per heavy atom. The van der Waals surface area contributed by atoms with Crippen LogP contribution in [0.3, 0.4) is 0 Å². The van der Waals surface area contributed by atoms with Gasteiger partial charge in [-0.2, -0.15) is 0 Å². The van der Waals surface area contributed by atoms with Crippen LogP contribution in [0.25, 0.3) is 33.4 Å². The molecule has 6 rings (SSSR count). The minimum atomic E-state index is -4.02. The summed E-state index contributed by atoms with van der Waals surface area (Å²) >= 11 is 0. The molecule has 9 heteroatoms. The zero-order valence-electron chi connectivity index (χ0n) is 21.4. The fourth-order valence-electron chi connectivity index (χ4n) is 5.36. The van der Waals surface area contributed by atoms with Gasteiger partial charge in [-0.25, -0.2) is 18.1 Å². The van der Waals surface area contributed by atoms with Crippen molar-refractivity contribution in [3.8, 4) is 11.4 Å². The van der Waals surface area contributed by atoms with E-state index in [0.717, 1.165) is 36.8 Å². The smallest absolute Gasteiger partial charge is 0.265 e. The maximum atomic E-state index is 13.0. The van der Waals surface area contributed by atoms with Gasteiger partial charge in [0, 0.05) is 22.7 Å². The van der Waals surface area contributed by atoms with E-state index in [1.807, 2.05) is 18.2 Å². The average Bonchev–Trinajstić information content (AvgIpc) is 3.34. The maximum absolute atomic E-state index is 13.0. The van der Waals surface area contributed by atoms with Gasteiger partial charge in [-0.3, -0.25) is 9.59 Å². The van der Waals surface area contributed by atoms with Crippen LogP contribution in [0.2, 0.25) is 0 Å². The zero-order chi connectivity index (χ0) is 27.1. The Kier molecular flexibility index (Phi) is 6.31. The summed E-state index contributed by atoms with van der Waals surface area (Å²) in [4.78, 5) is 30.7. The summed E-state index contributed by atoms with van der Waals surface area (Å²) in [5.74, 6) is -0.0255. The first kappa shape index (κ1) is 25.1. The number of hydrogen-bond acceptors (Lipinski definition) is 6. The molecule has 5 aromatic rings. The number of hydrogen-bond donors (Lipinski definition) is 1. The molecule has 2 aromatic heterocycles. The van der Waals surface area contributed by atoms with Gasteiger partial charge in [0.05, 0.1) is 27.6 Å². The SMILES string of the molecule is Cc1coc2ccc(-c3nc4cc(C(=O)NS(=O)(=O)c5ccccc5)ccc4n3C3CCCCC3)cc2c1=O. The van der Waals surface area contributed by atoms with Gasteiger partial charge in [-0.05, 0) is 68.3 Å². The first-order valence-electron chi connectivity index (χ1n) is 13.0. The first-order chi connectivity index (χ1) is 18.8. The second-order valence-electron chi connectivity index (χ2n) is 10.0. The largest absolute Gasteiger partial charge is 0.464 e. The van der Waals surface area contributed by atoms with Crippen LogP contribution >= 0.6 is 0 Å². The standard InChI is InChI=1S/C30H27N3O5S/c1-19-18-38-27-15-13-20(16-24(27)28(19)34)29-31-25-17-21(12-14-26(25)33(29)22-8-4-2-5-9-22)30(35)32-39(36,37)23-10-6-3-7-11-23/h3,6-7,10-18,22H,2,4-5,8-9H2,1H3,(H,32,35). The highest BCUT2D eigenvalue weighted by molar-refractivity contribution is 7.90. The number of fused-ring (bicyclic) bond motifs is 2. The van der Waals surface area contributed by atoms with E-state index < -0.39 is 15.9 Å². The number of imidazole rings is 1. The predicted octanol–water partition coefficient (Wildman–Crippen LogP) is 5.74. The molecule has 1 aliphatic rings. The van der Waals surface area contributed by atoms with Crippen LogP contribution in [-0.2, 0) is 10.0 Å². The molecule has 0 bridgehead atoms. The summed E-state index contributed by atoms with van der Waals surface area (Å²) in [6, 6.07) is 18.5. The molecule has 3 aromatic carbocycles. The monoisotopic (exact) mass is 541 g/mol. The molecule has 0 radical (unpaired) electrons. The molecule has 1 amide bonds. The molecular formula is C30H27N3O5S. The Bertz CT molecular complexity index is 1890. The Hall–Kier alpha value is -4.24. The summed E-state index contributed by atoms with van der Waals surface area (Å²) in [5, 5.41) is 0.487. The zero-order valence-corrected chi connectivity index (χ0v) is 22.2. The van der Waals surface area contributed by atoms with E-state index in [9.17, 15) is 18.0 Å².